The Hall–Kier alpha value is -6.06. The fourth-order valence-corrected chi connectivity index (χ4v) is 8.01. The average Bonchev–Trinajstić information content (AvgIpc) is 4.05. The number of hydrogen-bond acceptors (Lipinski definition) is 10. The summed E-state index contributed by atoms with van der Waals surface area (Å²) in [6, 6.07) is 10.1. The lowest BCUT2D eigenvalue weighted by Gasteiger charge is -2.30. The lowest BCUT2D eigenvalue weighted by atomic mass is 10.0. The van der Waals surface area contributed by atoms with Crippen molar-refractivity contribution >= 4 is 35.4 Å². The number of carbonyl (C=O) groups excluding carboxylic acids is 4. The number of hydrogen-bond donors (Lipinski definition) is 4. The van der Waals surface area contributed by atoms with Crippen molar-refractivity contribution in [2.24, 2.45) is 11.8 Å². The molecule has 2 saturated heterocycles. The minimum atomic E-state index is -0.708. The average molecular weight is 782 g/mol. The first-order valence-corrected chi connectivity index (χ1v) is 19.5. The molecule has 0 radical (unpaired) electrons. The van der Waals surface area contributed by atoms with Crippen LogP contribution in [0.4, 0.5) is 21.0 Å². The zero-order valence-electron chi connectivity index (χ0n) is 33.4. The molecule has 57 heavy (non-hydrogen) atoms. The number of imidazole rings is 2. The van der Waals surface area contributed by atoms with Crippen LogP contribution in [0.15, 0.2) is 48.8 Å². The minimum absolute atomic E-state index is 0.121. The highest BCUT2D eigenvalue weighted by atomic mass is 16.5. The molecule has 3 aliphatic heterocycles. The summed E-state index contributed by atoms with van der Waals surface area (Å²) >= 11 is 0. The van der Waals surface area contributed by atoms with Gasteiger partial charge in [0, 0.05) is 31.3 Å². The highest BCUT2D eigenvalue weighted by Crippen LogP contribution is 2.48. The van der Waals surface area contributed by atoms with Crippen molar-refractivity contribution in [1.29, 1.82) is 0 Å². The predicted molar refractivity (Wildman–Crippen MR) is 212 cm³/mol. The van der Waals surface area contributed by atoms with Crippen molar-refractivity contribution in [3.8, 4) is 34.0 Å². The van der Waals surface area contributed by atoms with Crippen LogP contribution in [-0.4, -0.2) is 100 Å². The van der Waals surface area contributed by atoms with Crippen LogP contribution in [0.1, 0.15) is 77.1 Å². The Labute approximate surface area is 331 Å². The third-order valence-corrected chi connectivity index (χ3v) is 11.2. The molecule has 4 atom stereocenters. The summed E-state index contributed by atoms with van der Waals surface area (Å²) in [7, 11) is 4.57. The second-order valence-corrected chi connectivity index (χ2v) is 15.5. The molecular weight excluding hydrogens is 731 g/mol. The summed E-state index contributed by atoms with van der Waals surface area (Å²) in [5.74, 6) is 2.21. The van der Waals surface area contributed by atoms with Crippen molar-refractivity contribution in [2.75, 3.05) is 39.3 Å². The first-order chi connectivity index (χ1) is 27.4. The van der Waals surface area contributed by atoms with E-state index in [0.29, 0.717) is 36.2 Å². The van der Waals surface area contributed by atoms with E-state index in [1.54, 1.807) is 22.2 Å². The normalized spacial score (nSPS) is 18.5. The smallest absolute Gasteiger partial charge is 0.407 e. The number of aromatic nitrogens is 4. The van der Waals surface area contributed by atoms with Gasteiger partial charge in [0.15, 0.2) is 11.5 Å². The summed E-state index contributed by atoms with van der Waals surface area (Å²) in [4.78, 5) is 73.2. The van der Waals surface area contributed by atoms with Crippen LogP contribution in [0.2, 0.25) is 0 Å². The number of aromatic amines is 2. The second-order valence-electron chi connectivity index (χ2n) is 15.5. The number of ether oxygens (including phenoxy) is 3. The van der Waals surface area contributed by atoms with Crippen LogP contribution < -0.4 is 20.3 Å². The molecule has 16 heteroatoms. The van der Waals surface area contributed by atoms with E-state index in [-0.39, 0.29) is 35.7 Å². The van der Waals surface area contributed by atoms with Gasteiger partial charge < -0.3 is 49.5 Å². The summed E-state index contributed by atoms with van der Waals surface area (Å²) in [6.07, 6.45) is 5.47. The summed E-state index contributed by atoms with van der Waals surface area (Å²) < 4.78 is 16.0. The first-order valence-electron chi connectivity index (χ1n) is 19.5. The molecule has 16 nitrogen and oxygen atoms in total. The van der Waals surface area contributed by atoms with E-state index < -0.39 is 24.3 Å². The van der Waals surface area contributed by atoms with Gasteiger partial charge in [-0.25, -0.2) is 19.6 Å². The fourth-order valence-electron chi connectivity index (χ4n) is 8.01. The largest absolute Gasteiger partial charge is 0.453 e. The van der Waals surface area contributed by atoms with Crippen molar-refractivity contribution in [1.82, 2.24) is 40.4 Å². The van der Waals surface area contributed by atoms with Crippen molar-refractivity contribution in [3.63, 3.8) is 0 Å². The number of nitrogens with zero attached hydrogens (tertiary/aromatic N) is 5. The van der Waals surface area contributed by atoms with Crippen LogP contribution in [0.25, 0.3) is 22.5 Å². The Morgan fingerprint density at radius 1 is 0.719 bits per heavy atom. The molecule has 0 unspecified atom stereocenters. The number of nitrogens with one attached hydrogen (secondary N) is 4. The van der Waals surface area contributed by atoms with E-state index in [1.165, 1.54) is 14.2 Å². The molecule has 0 spiro atoms. The highest BCUT2D eigenvalue weighted by Gasteiger charge is 2.39. The first kappa shape index (κ1) is 39.2. The van der Waals surface area contributed by atoms with Gasteiger partial charge in [-0.15, -0.1) is 0 Å². The lowest BCUT2D eigenvalue weighted by molar-refractivity contribution is -0.136. The standard InChI is InChI=1S/C41H51N9O7/c1-22(2)34(46-40(53)55-6)38(51)49-16-8-10-29(49)36-42-20-26(44-36)24-13-15-32-31(18-24)48(5)28-14-12-25(19-33(28)57-32)27-21-43-37(45-27)30-11-9-17-50(30)39(52)35(23(3)4)47-41(54)56-7/h12-15,18-23,29-30,34-35H,8-11,16-17H2,1-7H3,(H,42,44)(H,43,45)(H,46,53)(H,47,54)/t29-,30-,34-,35-/m0/s1. The second kappa shape index (κ2) is 16.2. The number of carbonyl (C=O) groups is 4. The van der Waals surface area contributed by atoms with Gasteiger partial charge in [0.25, 0.3) is 0 Å². The van der Waals surface area contributed by atoms with E-state index in [1.807, 2.05) is 65.1 Å². The highest BCUT2D eigenvalue weighted by molar-refractivity contribution is 5.87. The third-order valence-electron chi connectivity index (χ3n) is 11.2. The maximum absolute atomic E-state index is 13.6. The van der Waals surface area contributed by atoms with Crippen LogP contribution >= 0.6 is 0 Å². The van der Waals surface area contributed by atoms with Crippen LogP contribution in [0.5, 0.6) is 11.5 Å². The van der Waals surface area contributed by atoms with Gasteiger partial charge in [-0.1, -0.05) is 33.8 Å². The summed E-state index contributed by atoms with van der Waals surface area (Å²) in [5, 5.41) is 5.39. The number of benzene rings is 2. The fraction of sp³-hybridized carbons (Fsp3) is 0.463. The number of amides is 4. The van der Waals surface area contributed by atoms with Gasteiger partial charge in [-0.2, -0.15) is 0 Å². The topological polar surface area (TPSA) is 187 Å². The quantitative estimate of drug-likeness (QED) is 0.140. The van der Waals surface area contributed by atoms with E-state index in [4.69, 9.17) is 24.2 Å². The Morgan fingerprint density at radius 2 is 1.21 bits per heavy atom. The van der Waals surface area contributed by atoms with Gasteiger partial charge >= 0.3 is 12.2 Å². The molecule has 302 valence electrons. The van der Waals surface area contributed by atoms with E-state index in [0.717, 1.165) is 59.6 Å². The van der Waals surface area contributed by atoms with Gasteiger partial charge in [0.1, 0.15) is 23.7 Å². The van der Waals surface area contributed by atoms with E-state index in [9.17, 15) is 19.2 Å². The number of likely N-dealkylation sites (tertiary alicyclic amines) is 2. The monoisotopic (exact) mass is 781 g/mol. The molecule has 0 bridgehead atoms. The molecule has 3 aliphatic rings. The van der Waals surface area contributed by atoms with Gasteiger partial charge in [-0.3, -0.25) is 9.59 Å². The maximum atomic E-state index is 13.6. The number of alkyl carbamates (subject to hydrolysis) is 2. The summed E-state index contributed by atoms with van der Waals surface area (Å²) in [5.41, 5.74) is 5.17. The lowest BCUT2D eigenvalue weighted by Crippen LogP contribution is -2.51. The van der Waals surface area contributed by atoms with Gasteiger partial charge in [0.2, 0.25) is 11.8 Å². The van der Waals surface area contributed by atoms with E-state index >= 15 is 0 Å². The Kier molecular flexibility index (Phi) is 11.1. The minimum Gasteiger partial charge on any atom is -0.453 e. The zero-order valence-corrected chi connectivity index (χ0v) is 33.4. The molecule has 5 heterocycles. The molecule has 4 N–H and O–H groups in total. The molecular formula is C41H51N9O7. The van der Waals surface area contributed by atoms with E-state index in [2.05, 4.69) is 31.6 Å². The Morgan fingerprint density at radius 3 is 1.70 bits per heavy atom. The van der Waals surface area contributed by atoms with Crippen molar-refractivity contribution in [3.05, 3.63) is 60.4 Å². The van der Waals surface area contributed by atoms with Crippen molar-refractivity contribution in [2.45, 2.75) is 77.5 Å². The predicted octanol–water partition coefficient (Wildman–Crippen LogP) is 6.43. The number of anilines is 2. The molecule has 2 fully saturated rings. The SMILES string of the molecule is COC(=O)N[C@H](C(=O)N1CCC[C@H]1c1ncc(-c2ccc3c(c2)Oc2ccc(-c4cnc([C@@H]5CCCN5C(=O)[C@@H](NC(=O)OC)C(C)C)[nH]4)cc2N3C)[nH]1)C(C)C. The molecule has 7 rings (SSSR count). The number of fused-ring (bicyclic) bond motifs is 2. The zero-order chi connectivity index (χ0) is 40.5. The van der Waals surface area contributed by atoms with Gasteiger partial charge in [-0.05, 0) is 67.9 Å². The molecule has 0 saturated carbocycles. The number of H-pyrrole nitrogens is 2. The third kappa shape index (κ3) is 7.72. The van der Waals surface area contributed by atoms with Crippen LogP contribution in [0, 0.1) is 11.8 Å². The number of rotatable bonds is 10. The molecule has 4 amide bonds. The molecule has 4 aromatic rings. The maximum Gasteiger partial charge on any atom is 0.407 e. The number of methoxy groups -OCH3 is 2. The Bertz CT molecular complexity index is 2150. The molecule has 2 aromatic carbocycles. The Balaban J connectivity index is 1.06. The van der Waals surface area contributed by atoms with Crippen molar-refractivity contribution < 1.29 is 33.4 Å². The van der Waals surface area contributed by atoms with Crippen LogP contribution in [-0.2, 0) is 19.1 Å². The summed E-state index contributed by atoms with van der Waals surface area (Å²) in [6.45, 7) is 8.73. The molecule has 2 aromatic heterocycles. The van der Waals surface area contributed by atoms with Crippen LogP contribution in [0.3, 0.4) is 0 Å². The molecule has 0 aliphatic carbocycles. The van der Waals surface area contributed by atoms with Gasteiger partial charge in [0.05, 0.1) is 61.5 Å².